The van der Waals surface area contributed by atoms with Gasteiger partial charge in [0.2, 0.25) is 11.8 Å². The maximum Gasteiger partial charge on any atom is 0.319 e. The average molecular weight is 1190 g/mol. The molecule has 6 N–H and O–H groups in total. The number of aliphatic hydroxyl groups is 2. The second-order valence-corrected chi connectivity index (χ2v) is 23.2. The van der Waals surface area contributed by atoms with E-state index in [4.69, 9.17) is 41.5 Å². The Morgan fingerprint density at radius 1 is 0.929 bits per heavy atom. The third-order valence-corrected chi connectivity index (χ3v) is 17.0. The van der Waals surface area contributed by atoms with Gasteiger partial charge >= 0.3 is 6.01 Å². The van der Waals surface area contributed by atoms with E-state index in [1.807, 2.05) is 45.0 Å². The van der Waals surface area contributed by atoms with Crippen LogP contribution in [-0.4, -0.2) is 122 Å². The number of fused-ring (bicyclic) bond motifs is 4. The number of nitrogens with one attached hydrogen (secondary N) is 2. The van der Waals surface area contributed by atoms with Crippen LogP contribution in [0.2, 0.25) is 5.02 Å². The lowest BCUT2D eigenvalue weighted by molar-refractivity contribution is -0.142. The first-order valence-electron chi connectivity index (χ1n) is 27.3. The molecule has 0 aliphatic carbocycles. The summed E-state index contributed by atoms with van der Waals surface area (Å²) in [5, 5.41) is 48.1. The Hall–Kier alpha value is -7.98. The number of aliphatic hydroxyl groups excluding tert-OH is 2. The summed E-state index contributed by atoms with van der Waals surface area (Å²) in [6.07, 6.45) is 2.23. The standard InChI is InChI=1S/C60H58ClF4N11O7S/c1-29(2)53(59(80)75-24-38(78)19-48(75)58(79)69-47(26-77)33-9-11-34(12-10-33)49-44(64)17-35(62)18-45(49)65)76-25-46(72-73-76)32-7-5-31(6-8-32)28-82-54-51(39-15-16-43(63)55-50(39)41(21-66)56(67)84-55)42(61)20-40-52(54)70-60(83-27-30(3)81-4)71-57(40)74-22-36-13-14-37(23-74)68-36/h5-12,15-18,20,25,29-30,36-38,47-48,53,68,77-78H,13-14,19,22-24,26-28,67H2,1-4H3,(H,69,79)/t30-,36?,37?,38+,47-,48-,53-/m0/s1. The van der Waals surface area contributed by atoms with Gasteiger partial charge in [-0.2, -0.15) is 15.2 Å². The molecule has 3 aliphatic rings. The number of rotatable bonds is 18. The van der Waals surface area contributed by atoms with Crippen LogP contribution in [-0.2, 0) is 20.9 Å². The lowest BCUT2D eigenvalue weighted by Gasteiger charge is -2.34. The summed E-state index contributed by atoms with van der Waals surface area (Å²) in [5.74, 6) is -4.51. The summed E-state index contributed by atoms with van der Waals surface area (Å²) < 4.78 is 78.4. The van der Waals surface area contributed by atoms with Crippen molar-refractivity contribution >= 4 is 66.6 Å². The molecule has 3 fully saturated rings. The molecular formula is C60H58ClF4N11O7S. The molecule has 8 aromatic rings. The number of hydrogen-bond donors (Lipinski definition) is 5. The van der Waals surface area contributed by atoms with E-state index in [2.05, 4.69) is 31.9 Å². The molecule has 3 aliphatic heterocycles. The van der Waals surface area contributed by atoms with Crippen molar-refractivity contribution in [2.45, 2.75) is 89.1 Å². The lowest BCUT2D eigenvalue weighted by Crippen LogP contribution is -2.51. The molecule has 18 nitrogen and oxygen atoms in total. The van der Waals surface area contributed by atoms with Gasteiger partial charge in [0.15, 0.2) is 5.75 Å². The number of likely N-dealkylation sites (tertiary alicyclic amines) is 1. The predicted octanol–water partition coefficient (Wildman–Crippen LogP) is 9.04. The molecule has 3 saturated heterocycles. The topological polar surface area (TPSA) is 239 Å². The zero-order chi connectivity index (χ0) is 59.2. The van der Waals surface area contributed by atoms with Crippen LogP contribution in [0.4, 0.5) is 28.4 Å². The van der Waals surface area contributed by atoms with Crippen molar-refractivity contribution < 1.29 is 51.6 Å². The number of halogens is 5. The number of amides is 2. The van der Waals surface area contributed by atoms with Crippen LogP contribution in [0.15, 0.2) is 85.1 Å². The number of nitrogens with zero attached hydrogens (tertiary/aromatic N) is 8. The van der Waals surface area contributed by atoms with Crippen LogP contribution in [0, 0.1) is 40.5 Å². The number of β-amino-alcohol motifs (C(OH)–C–C–N with tert-alkyl or cyclic N) is 1. The van der Waals surface area contributed by atoms with E-state index in [1.165, 1.54) is 39.9 Å². The van der Waals surface area contributed by atoms with Crippen molar-refractivity contribution in [1.82, 2.24) is 40.5 Å². The fourth-order valence-electron chi connectivity index (χ4n) is 11.5. The van der Waals surface area contributed by atoms with Gasteiger partial charge in [0, 0.05) is 79.3 Å². The molecule has 436 valence electrons. The Morgan fingerprint density at radius 3 is 2.30 bits per heavy atom. The van der Waals surface area contributed by atoms with Gasteiger partial charge in [-0.25, -0.2) is 22.2 Å². The van der Waals surface area contributed by atoms with Gasteiger partial charge in [0.25, 0.3) is 0 Å². The zero-order valence-corrected chi connectivity index (χ0v) is 47.5. The minimum atomic E-state index is -1.14. The second-order valence-electron chi connectivity index (χ2n) is 21.7. The Balaban J connectivity index is 0.859. The summed E-state index contributed by atoms with van der Waals surface area (Å²) in [7, 11) is 1.58. The number of ether oxygens (including phenoxy) is 3. The third kappa shape index (κ3) is 11.3. The number of aromatic nitrogens is 5. The Bertz CT molecular complexity index is 3830. The number of thiophene rings is 1. The number of benzene rings is 5. The number of nitriles is 1. The first-order chi connectivity index (χ1) is 40.4. The predicted molar refractivity (Wildman–Crippen MR) is 308 cm³/mol. The zero-order valence-electron chi connectivity index (χ0n) is 46.0. The lowest BCUT2D eigenvalue weighted by atomic mass is 9.96. The van der Waals surface area contributed by atoms with E-state index < -0.39 is 71.5 Å². The first kappa shape index (κ1) is 57.8. The number of nitrogens with two attached hydrogens (primary N) is 1. The third-order valence-electron chi connectivity index (χ3n) is 15.7. The van der Waals surface area contributed by atoms with E-state index in [9.17, 15) is 38.2 Å². The summed E-state index contributed by atoms with van der Waals surface area (Å²) in [6, 6.07) is 18.4. The van der Waals surface area contributed by atoms with E-state index >= 15 is 4.39 Å². The quantitative estimate of drug-likeness (QED) is 0.0504. The van der Waals surface area contributed by atoms with Gasteiger partial charge in [-0.15, -0.1) is 16.4 Å². The van der Waals surface area contributed by atoms with Crippen LogP contribution in [0.1, 0.15) is 68.8 Å². The molecule has 6 heterocycles. The van der Waals surface area contributed by atoms with Crippen molar-refractivity contribution in [2.75, 3.05) is 50.6 Å². The molecular weight excluding hydrogens is 1130 g/mol. The number of carbonyl (C=O) groups is 2. The second kappa shape index (κ2) is 23.9. The minimum Gasteiger partial charge on any atom is -0.486 e. The summed E-state index contributed by atoms with van der Waals surface area (Å²) in [6.45, 7) is 6.23. The molecule has 84 heavy (non-hydrogen) atoms. The van der Waals surface area contributed by atoms with Crippen LogP contribution in [0.3, 0.4) is 0 Å². The molecule has 3 aromatic heterocycles. The van der Waals surface area contributed by atoms with Crippen molar-refractivity contribution in [1.29, 1.82) is 5.26 Å². The number of anilines is 2. The molecule has 0 saturated carbocycles. The highest BCUT2D eigenvalue weighted by Gasteiger charge is 2.43. The van der Waals surface area contributed by atoms with Crippen LogP contribution < -0.4 is 30.7 Å². The normalized spacial score (nSPS) is 18.8. The maximum atomic E-state index is 15.6. The molecule has 5 aromatic carbocycles. The number of methoxy groups -OCH3 is 1. The summed E-state index contributed by atoms with van der Waals surface area (Å²) in [4.78, 5) is 42.0. The molecule has 7 atom stereocenters. The molecule has 2 bridgehead atoms. The monoisotopic (exact) mass is 1190 g/mol. The Morgan fingerprint density at radius 2 is 1.63 bits per heavy atom. The van der Waals surface area contributed by atoms with Gasteiger partial charge in [-0.1, -0.05) is 85.3 Å². The van der Waals surface area contributed by atoms with Crippen molar-refractivity contribution in [3.8, 4) is 51.3 Å². The van der Waals surface area contributed by atoms with Crippen LogP contribution in [0.5, 0.6) is 11.8 Å². The number of hydrogen-bond acceptors (Lipinski definition) is 16. The number of piperazine rings is 1. The summed E-state index contributed by atoms with van der Waals surface area (Å²) in [5.41, 5.74) is 9.36. The van der Waals surface area contributed by atoms with E-state index in [-0.39, 0.29) is 93.3 Å². The summed E-state index contributed by atoms with van der Waals surface area (Å²) >= 11 is 8.35. The van der Waals surface area contributed by atoms with Gasteiger partial charge < -0.3 is 50.6 Å². The highest BCUT2D eigenvalue weighted by Crippen LogP contribution is 2.50. The van der Waals surface area contributed by atoms with Gasteiger partial charge in [-0.05, 0) is 60.1 Å². The van der Waals surface area contributed by atoms with Crippen LogP contribution in [0.25, 0.3) is 54.5 Å². The highest BCUT2D eigenvalue weighted by molar-refractivity contribution is 7.23. The van der Waals surface area contributed by atoms with Crippen LogP contribution >= 0.6 is 22.9 Å². The van der Waals surface area contributed by atoms with Gasteiger partial charge in [0.05, 0.1) is 51.9 Å². The molecule has 0 radical (unpaired) electrons. The van der Waals surface area contributed by atoms with E-state index in [0.717, 1.165) is 24.2 Å². The minimum absolute atomic E-state index is 0.0314. The average Bonchev–Trinajstić information content (AvgIpc) is 1.73. The number of carbonyl (C=O) groups excluding carboxylic acids is 2. The first-order valence-corrected chi connectivity index (χ1v) is 28.5. The molecule has 2 unspecified atom stereocenters. The molecule has 2 amide bonds. The van der Waals surface area contributed by atoms with Crippen molar-refractivity contribution in [3.63, 3.8) is 0 Å². The van der Waals surface area contributed by atoms with Crippen molar-refractivity contribution in [3.05, 3.63) is 130 Å². The molecule has 11 rings (SSSR count). The Labute approximate surface area is 488 Å². The maximum absolute atomic E-state index is 15.6. The fraction of sp³-hybridized carbons (Fsp3) is 0.350. The molecule has 24 heteroatoms. The largest absolute Gasteiger partial charge is 0.486 e. The Kier molecular flexibility index (Phi) is 16.5. The van der Waals surface area contributed by atoms with Gasteiger partial charge in [-0.3, -0.25) is 9.59 Å². The van der Waals surface area contributed by atoms with E-state index in [0.29, 0.717) is 75.5 Å². The smallest absolute Gasteiger partial charge is 0.319 e. The fourth-order valence-corrected chi connectivity index (χ4v) is 12.7. The highest BCUT2D eigenvalue weighted by atomic mass is 35.5. The van der Waals surface area contributed by atoms with Gasteiger partial charge in [0.1, 0.15) is 76.7 Å². The number of nitrogen functional groups attached to an aromatic ring is 1. The van der Waals surface area contributed by atoms with Crippen molar-refractivity contribution in [2.24, 2.45) is 5.92 Å². The molecule has 0 spiro atoms. The SMILES string of the molecule is CO[C@@H](C)COc1nc(N2CC3CCC(C2)N3)c2cc(Cl)c(-c3ccc(F)c4sc(N)c(C#N)c34)c(OCc3ccc(-c4cn([C@H](C(=O)N5C[C@H](O)C[C@H]5C(=O)N[C@@H](CO)c5ccc(-c6c(F)cc(F)cc6F)cc5)C(C)C)nn4)cc3)c2n1. The van der Waals surface area contributed by atoms with E-state index in [1.54, 1.807) is 25.4 Å².